The first-order chi connectivity index (χ1) is 29.8. The zero-order valence-electron chi connectivity index (χ0n) is 40.0. The minimum absolute atomic E-state index is 0. The van der Waals surface area contributed by atoms with Crippen LogP contribution in [-0.2, 0) is 16.1 Å². The Labute approximate surface area is 394 Å². The van der Waals surface area contributed by atoms with E-state index < -0.39 is 11.2 Å². The number of aliphatic hydroxyl groups is 2. The van der Waals surface area contributed by atoms with Crippen molar-refractivity contribution in [2.24, 2.45) is 80.8 Å². The van der Waals surface area contributed by atoms with Gasteiger partial charge >= 0.3 is 0 Å². The Balaban J connectivity index is 0.000000166. The van der Waals surface area contributed by atoms with Crippen LogP contribution < -0.4 is 9.47 Å². The quantitative estimate of drug-likeness (QED) is 0.233. The van der Waals surface area contributed by atoms with Crippen molar-refractivity contribution in [2.45, 2.75) is 182 Å². The Morgan fingerprint density at radius 1 is 0.656 bits per heavy atom. The third-order valence-electron chi connectivity index (χ3n) is 20.7. The second-order valence-electron chi connectivity index (χ2n) is 23.8. The van der Waals surface area contributed by atoms with Crippen molar-refractivity contribution < 1.29 is 29.3 Å². The van der Waals surface area contributed by atoms with Crippen molar-refractivity contribution in [3.05, 3.63) is 24.8 Å². The summed E-state index contributed by atoms with van der Waals surface area (Å²) in [4.78, 5) is 25.9. The van der Waals surface area contributed by atoms with E-state index in [0.29, 0.717) is 57.8 Å². The molecule has 0 aromatic carbocycles. The number of hydrogen-bond acceptors (Lipinski definition) is 8. The zero-order valence-corrected chi connectivity index (χ0v) is 41.6. The van der Waals surface area contributed by atoms with E-state index in [1.807, 2.05) is 20.0 Å². The van der Waals surface area contributed by atoms with E-state index in [1.165, 1.54) is 77.0 Å². The number of aromatic nitrogens is 4. The van der Waals surface area contributed by atoms with Gasteiger partial charge in [-0.15, -0.1) is 0 Å². The molecule has 360 valence electrons. The molecule has 8 aliphatic carbocycles. The topological polar surface area (TPSA) is 140 Å². The van der Waals surface area contributed by atoms with Gasteiger partial charge in [-0.05, 0) is 198 Å². The van der Waals surface area contributed by atoms with Gasteiger partial charge in [0.15, 0.2) is 17.3 Å². The molecule has 8 saturated carbocycles. The lowest BCUT2D eigenvalue weighted by Crippen LogP contribution is -2.55. The van der Waals surface area contributed by atoms with Gasteiger partial charge in [0.05, 0.1) is 62.1 Å². The second kappa shape index (κ2) is 18.7. The lowest BCUT2D eigenvalue weighted by Gasteiger charge is -2.61. The Kier molecular flexibility index (Phi) is 14.5. The number of carbonyl (C=O) groups is 2. The molecule has 0 aliphatic heterocycles. The lowest BCUT2D eigenvalue weighted by molar-refractivity contribution is -0.151. The molecule has 10 nitrogen and oxygen atoms in total. The highest BCUT2D eigenvalue weighted by molar-refractivity contribution is 9.09. The van der Waals surface area contributed by atoms with Gasteiger partial charge in [-0.2, -0.15) is 10.2 Å². The Hall–Kier alpha value is -2.24. The molecule has 0 bridgehead atoms. The number of rotatable bonds is 7. The average molecular weight is 954 g/mol. The predicted molar refractivity (Wildman–Crippen MR) is 256 cm³/mol. The summed E-state index contributed by atoms with van der Waals surface area (Å²) in [6.45, 7) is 14.4. The molecule has 11 heteroatoms. The van der Waals surface area contributed by atoms with E-state index in [-0.39, 0.29) is 30.1 Å². The molecular formula is C53H85BrN4O6. The van der Waals surface area contributed by atoms with Crippen molar-refractivity contribution in [1.29, 1.82) is 0 Å². The van der Waals surface area contributed by atoms with Crippen LogP contribution in [0.5, 0.6) is 11.5 Å². The van der Waals surface area contributed by atoms with Gasteiger partial charge in [-0.25, -0.2) is 0 Å². The Morgan fingerprint density at radius 3 is 1.56 bits per heavy atom. The third kappa shape index (κ3) is 8.96. The number of nitrogens with one attached hydrogen (secondary N) is 1. The highest BCUT2D eigenvalue weighted by atomic mass is 79.9. The van der Waals surface area contributed by atoms with E-state index in [4.69, 9.17) is 9.47 Å². The molecule has 0 saturated heterocycles. The first kappa shape index (κ1) is 49.7. The van der Waals surface area contributed by atoms with Crippen LogP contribution in [-0.4, -0.2) is 72.5 Å². The molecular weight excluding hydrogens is 869 g/mol. The van der Waals surface area contributed by atoms with Crippen LogP contribution in [0.4, 0.5) is 0 Å². The van der Waals surface area contributed by atoms with Crippen LogP contribution in [0.3, 0.4) is 0 Å². The summed E-state index contributed by atoms with van der Waals surface area (Å²) in [5.74, 6) is 8.65. The number of H-pyrrole nitrogens is 1. The minimum atomic E-state index is -0.472. The number of hydrogen-bond donors (Lipinski definition) is 3. The van der Waals surface area contributed by atoms with Crippen LogP contribution in [0.25, 0.3) is 0 Å². The standard InChI is InChI=1S/C26H40N2O3.C22H35BrO2.C4H6N2O.CH4/c1-24(30)11-12-25(2)17(13-24)5-6-19-20-7-8-22(26(20,3)10-9-21(19)25)23(29)16-28-15-18(31-4)14-27-28;1-20(25)10-11-21(2)14(12-20)4-5-15-16-6-7-18(19(24)13-23)22(16,3)9-8-17(15)21;1-7-4-2-5-6-3-4;/h14-15,17,19-22,30H,5-13,16H2,1-4H3;14-18,25H,4-13H2,1-3H3;2-3H,1H3,(H,5,6);1H4/t17-,19+,20+,21+,22-,24-,25+,26+;14-,15+,16+,17+,18-,20-,21+,22+;;/m11../s1. The van der Waals surface area contributed by atoms with Gasteiger partial charge in [0.1, 0.15) is 5.78 Å². The van der Waals surface area contributed by atoms with Gasteiger partial charge < -0.3 is 19.7 Å². The molecule has 2 heterocycles. The van der Waals surface area contributed by atoms with Crippen molar-refractivity contribution in [1.82, 2.24) is 20.0 Å². The van der Waals surface area contributed by atoms with Crippen molar-refractivity contribution in [3.8, 4) is 11.5 Å². The SMILES string of the molecule is C.COc1cn[nH]c1.COc1cnn(CC(=O)[C@H]2CC[C@H]3[C@@H]4CC[C@@H]5C[C@](C)(O)CC[C@]5(C)[C@H]4CC[C@]23C)c1.C[C@@]1(O)CC[C@@]2(C)[C@H](CC[C@@H]3[C@@H]2CC[C@]2(C)[C@@H](C(=O)CBr)CC[C@@H]32)C1. The number of halogens is 1. The van der Waals surface area contributed by atoms with Gasteiger partial charge in [-0.3, -0.25) is 19.4 Å². The summed E-state index contributed by atoms with van der Waals surface area (Å²) in [5.41, 5.74) is 0.264. The monoisotopic (exact) mass is 953 g/mol. The molecule has 0 unspecified atom stereocenters. The van der Waals surface area contributed by atoms with Crippen LogP contribution in [0.1, 0.15) is 165 Å². The van der Waals surface area contributed by atoms with Crippen LogP contribution >= 0.6 is 15.9 Å². The summed E-state index contributed by atoms with van der Waals surface area (Å²) in [6.07, 6.45) is 27.8. The molecule has 2 aromatic heterocycles. The number of fused-ring (bicyclic) bond motifs is 10. The normalized spacial score (nSPS) is 45.1. The number of nitrogens with zero attached hydrogens (tertiary/aromatic N) is 3. The average Bonchev–Trinajstić information content (AvgIpc) is 4.07. The summed E-state index contributed by atoms with van der Waals surface area (Å²) in [6, 6.07) is 0. The summed E-state index contributed by atoms with van der Waals surface area (Å²) >= 11 is 3.43. The fourth-order valence-corrected chi connectivity index (χ4v) is 17.6. The van der Waals surface area contributed by atoms with E-state index >= 15 is 0 Å². The zero-order chi connectivity index (χ0) is 45.2. The molecule has 64 heavy (non-hydrogen) atoms. The van der Waals surface area contributed by atoms with Crippen molar-refractivity contribution >= 4 is 27.5 Å². The molecule has 8 fully saturated rings. The van der Waals surface area contributed by atoms with Crippen molar-refractivity contribution in [3.63, 3.8) is 0 Å². The minimum Gasteiger partial charge on any atom is -0.493 e. The number of carbonyl (C=O) groups excluding carboxylic acids is 2. The molecule has 0 amide bonds. The molecule has 0 spiro atoms. The van der Waals surface area contributed by atoms with E-state index in [1.54, 1.807) is 37.5 Å². The summed E-state index contributed by atoms with van der Waals surface area (Å²) < 4.78 is 11.7. The van der Waals surface area contributed by atoms with E-state index in [9.17, 15) is 19.8 Å². The van der Waals surface area contributed by atoms with E-state index in [0.717, 1.165) is 73.9 Å². The maximum atomic E-state index is 13.4. The lowest BCUT2D eigenvalue weighted by atomic mass is 9.44. The molecule has 10 rings (SSSR count). The molecule has 8 aliphatic rings. The highest BCUT2D eigenvalue weighted by Gasteiger charge is 2.63. The molecule has 0 radical (unpaired) electrons. The highest BCUT2D eigenvalue weighted by Crippen LogP contribution is 2.70. The smallest absolute Gasteiger partial charge is 0.157 e. The number of Topliss-reactive ketones (excluding diaryl/α,β-unsaturated/α-hetero) is 2. The van der Waals surface area contributed by atoms with E-state index in [2.05, 4.69) is 58.9 Å². The molecule has 16 atom stereocenters. The van der Waals surface area contributed by atoms with Gasteiger partial charge in [0.2, 0.25) is 0 Å². The Morgan fingerprint density at radius 2 is 1.14 bits per heavy atom. The fraction of sp³-hybridized carbons (Fsp3) is 0.849. The maximum absolute atomic E-state index is 13.4. The number of alkyl halides is 1. The number of ketones is 2. The number of ether oxygens (including phenoxy) is 2. The van der Waals surface area contributed by atoms with Crippen LogP contribution in [0, 0.1) is 80.8 Å². The summed E-state index contributed by atoms with van der Waals surface area (Å²) in [7, 11) is 3.23. The number of aromatic amines is 1. The second-order valence-corrected chi connectivity index (χ2v) is 24.4. The van der Waals surface area contributed by atoms with Crippen molar-refractivity contribution in [2.75, 3.05) is 19.5 Å². The van der Waals surface area contributed by atoms with Crippen LogP contribution in [0.2, 0.25) is 0 Å². The van der Waals surface area contributed by atoms with Gasteiger partial charge in [-0.1, -0.05) is 51.1 Å². The maximum Gasteiger partial charge on any atom is 0.157 e. The van der Waals surface area contributed by atoms with Gasteiger partial charge in [0.25, 0.3) is 0 Å². The third-order valence-corrected chi connectivity index (χ3v) is 21.2. The fourth-order valence-electron chi connectivity index (χ4n) is 17.2. The Bertz CT molecular complexity index is 1920. The number of methoxy groups -OCH3 is 2. The molecule has 3 N–H and O–H groups in total. The summed E-state index contributed by atoms with van der Waals surface area (Å²) in [5, 5.41) is 32.4. The first-order valence-corrected chi connectivity index (χ1v) is 26.1. The largest absolute Gasteiger partial charge is 0.493 e. The molecule has 2 aromatic rings. The van der Waals surface area contributed by atoms with Crippen LogP contribution in [0.15, 0.2) is 24.8 Å². The first-order valence-electron chi connectivity index (χ1n) is 25.0. The predicted octanol–water partition coefficient (Wildman–Crippen LogP) is 11.3. The van der Waals surface area contributed by atoms with Gasteiger partial charge in [0, 0.05) is 11.8 Å².